The van der Waals surface area contributed by atoms with Crippen molar-refractivity contribution >= 4 is 17.4 Å². The van der Waals surface area contributed by atoms with Gasteiger partial charge in [-0.2, -0.15) is 0 Å². The second-order valence-corrected chi connectivity index (χ2v) is 4.11. The lowest BCUT2D eigenvalue weighted by Crippen LogP contribution is -1.93. The molecule has 88 valence electrons. The largest absolute Gasteiger partial charge is 0.454 e. The molecule has 0 unspecified atom stereocenters. The summed E-state index contributed by atoms with van der Waals surface area (Å²) in [5.41, 5.74) is 7.16. The van der Waals surface area contributed by atoms with Gasteiger partial charge in [-0.3, -0.25) is 0 Å². The van der Waals surface area contributed by atoms with E-state index in [1.807, 2.05) is 13.0 Å². The van der Waals surface area contributed by atoms with Gasteiger partial charge in [0.25, 0.3) is 0 Å². The Morgan fingerprint density at radius 2 is 2.18 bits per heavy atom. The van der Waals surface area contributed by atoms with Crippen molar-refractivity contribution < 1.29 is 14.0 Å². The van der Waals surface area contributed by atoms with Crippen LogP contribution in [-0.4, -0.2) is 11.9 Å². The number of hydrogen-bond acceptors (Lipinski definition) is 5. The molecule has 0 saturated heterocycles. The Bertz CT molecular complexity index is 595. The number of aryl methyl sites for hydroxylation is 1. The van der Waals surface area contributed by atoms with Crippen molar-refractivity contribution in [3.05, 3.63) is 22.7 Å². The lowest BCUT2D eigenvalue weighted by molar-refractivity contribution is 0.174. The van der Waals surface area contributed by atoms with E-state index in [0.29, 0.717) is 28.1 Å². The minimum atomic E-state index is 0.177. The van der Waals surface area contributed by atoms with E-state index in [9.17, 15) is 0 Å². The van der Waals surface area contributed by atoms with E-state index < -0.39 is 0 Å². The summed E-state index contributed by atoms with van der Waals surface area (Å²) in [5, 5.41) is 4.09. The fraction of sp³-hybridized carbons (Fsp3) is 0.182. The molecule has 1 aliphatic heterocycles. The molecule has 0 radical (unpaired) electrons. The first-order valence-electron chi connectivity index (χ1n) is 4.98. The van der Waals surface area contributed by atoms with E-state index in [2.05, 4.69) is 5.16 Å². The Balaban J connectivity index is 2.23. The van der Waals surface area contributed by atoms with Crippen molar-refractivity contribution in [1.29, 1.82) is 0 Å². The van der Waals surface area contributed by atoms with Crippen molar-refractivity contribution in [1.82, 2.24) is 5.16 Å². The smallest absolute Gasteiger partial charge is 0.231 e. The number of fused-ring (bicyclic) bond motifs is 1. The molecule has 0 atom stereocenters. The highest BCUT2D eigenvalue weighted by Gasteiger charge is 2.24. The van der Waals surface area contributed by atoms with Crippen LogP contribution in [0.5, 0.6) is 11.5 Å². The third-order valence-electron chi connectivity index (χ3n) is 2.58. The molecule has 5 nitrogen and oxygen atoms in total. The maximum atomic E-state index is 6.27. The van der Waals surface area contributed by atoms with Gasteiger partial charge in [0, 0.05) is 11.6 Å². The summed E-state index contributed by atoms with van der Waals surface area (Å²) in [4.78, 5) is 0. The van der Waals surface area contributed by atoms with Crippen LogP contribution >= 0.6 is 11.6 Å². The number of rotatable bonds is 1. The minimum absolute atomic E-state index is 0.177. The average molecular weight is 253 g/mol. The quantitative estimate of drug-likeness (QED) is 0.845. The third kappa shape index (κ3) is 1.51. The lowest BCUT2D eigenvalue weighted by atomic mass is 10.1. The second kappa shape index (κ2) is 3.56. The predicted molar refractivity (Wildman–Crippen MR) is 62.2 cm³/mol. The Labute approximate surface area is 102 Å². The molecule has 1 aliphatic rings. The van der Waals surface area contributed by atoms with Crippen molar-refractivity contribution in [3.63, 3.8) is 0 Å². The predicted octanol–water partition coefficient (Wildman–Crippen LogP) is 2.61. The fourth-order valence-electron chi connectivity index (χ4n) is 1.83. The summed E-state index contributed by atoms with van der Waals surface area (Å²) in [5.74, 6) is 2.00. The molecule has 0 amide bonds. The maximum absolute atomic E-state index is 6.27. The molecule has 3 rings (SSSR count). The molecule has 0 fully saturated rings. The summed E-state index contributed by atoms with van der Waals surface area (Å²) < 4.78 is 15.7. The highest BCUT2D eigenvalue weighted by atomic mass is 35.5. The second-order valence-electron chi connectivity index (χ2n) is 3.73. The molecule has 2 aromatic rings. The molecule has 2 heterocycles. The summed E-state index contributed by atoms with van der Waals surface area (Å²) in [6, 6.07) is 3.47. The van der Waals surface area contributed by atoms with Crippen LogP contribution in [-0.2, 0) is 0 Å². The van der Waals surface area contributed by atoms with Crippen LogP contribution in [0.25, 0.3) is 11.3 Å². The zero-order valence-electron chi connectivity index (χ0n) is 8.99. The standard InChI is InChI=1S/C11H9ClN2O3/c1-5-2-7-11(16-4-15-7)10(12)9(5)6-3-8(13)14-17-6/h2-3H,4H2,1H3,(H2,13,14). The highest BCUT2D eigenvalue weighted by molar-refractivity contribution is 6.35. The number of anilines is 1. The molecule has 6 heteroatoms. The van der Waals surface area contributed by atoms with Gasteiger partial charge >= 0.3 is 0 Å². The molecule has 0 spiro atoms. The molecular formula is C11H9ClN2O3. The van der Waals surface area contributed by atoms with Gasteiger partial charge in [-0.15, -0.1) is 0 Å². The first-order chi connectivity index (χ1) is 8.16. The highest BCUT2D eigenvalue weighted by Crippen LogP contribution is 2.46. The van der Waals surface area contributed by atoms with E-state index in [0.717, 1.165) is 11.1 Å². The molecule has 0 aliphatic carbocycles. The van der Waals surface area contributed by atoms with Gasteiger partial charge < -0.3 is 19.7 Å². The number of benzene rings is 1. The SMILES string of the molecule is Cc1cc2c(c(Cl)c1-c1cc(N)no1)OCO2. The van der Waals surface area contributed by atoms with E-state index in [4.69, 9.17) is 31.3 Å². The number of hydrogen-bond donors (Lipinski definition) is 1. The third-order valence-corrected chi connectivity index (χ3v) is 2.94. The molecule has 0 bridgehead atoms. The van der Waals surface area contributed by atoms with E-state index in [1.165, 1.54) is 0 Å². The van der Waals surface area contributed by atoms with Gasteiger partial charge in [0.2, 0.25) is 6.79 Å². The summed E-state index contributed by atoms with van der Waals surface area (Å²) >= 11 is 6.27. The van der Waals surface area contributed by atoms with Crippen LogP contribution in [0, 0.1) is 6.92 Å². The van der Waals surface area contributed by atoms with Crippen LogP contribution in [0.3, 0.4) is 0 Å². The van der Waals surface area contributed by atoms with Gasteiger partial charge in [0.1, 0.15) is 0 Å². The van der Waals surface area contributed by atoms with Crippen molar-refractivity contribution in [2.75, 3.05) is 12.5 Å². The summed E-state index contributed by atoms with van der Waals surface area (Å²) in [6.07, 6.45) is 0. The number of halogens is 1. The van der Waals surface area contributed by atoms with Crippen molar-refractivity contribution in [2.24, 2.45) is 0 Å². The molecular weight excluding hydrogens is 244 g/mol. The first kappa shape index (κ1) is 10.3. The van der Waals surface area contributed by atoms with E-state index in [1.54, 1.807) is 6.07 Å². The average Bonchev–Trinajstić information content (AvgIpc) is 2.87. The molecule has 0 saturated carbocycles. The Morgan fingerprint density at radius 1 is 1.35 bits per heavy atom. The minimum Gasteiger partial charge on any atom is -0.454 e. The fourth-order valence-corrected chi connectivity index (χ4v) is 2.22. The van der Waals surface area contributed by atoms with Gasteiger partial charge in [-0.25, -0.2) is 0 Å². The molecule has 1 aromatic heterocycles. The number of nitrogens with two attached hydrogens (primary N) is 1. The Morgan fingerprint density at radius 3 is 2.88 bits per heavy atom. The Kier molecular flexibility index (Phi) is 2.16. The van der Waals surface area contributed by atoms with Gasteiger partial charge in [0.15, 0.2) is 23.1 Å². The lowest BCUT2D eigenvalue weighted by Gasteiger charge is -2.07. The monoisotopic (exact) mass is 252 g/mol. The normalized spacial score (nSPS) is 13.1. The van der Waals surface area contributed by atoms with Crippen LogP contribution in [0.15, 0.2) is 16.7 Å². The zero-order chi connectivity index (χ0) is 12.0. The maximum Gasteiger partial charge on any atom is 0.231 e. The topological polar surface area (TPSA) is 70.5 Å². The number of nitrogens with zero attached hydrogens (tertiary/aromatic N) is 1. The van der Waals surface area contributed by atoms with E-state index >= 15 is 0 Å². The van der Waals surface area contributed by atoms with Gasteiger partial charge in [-0.1, -0.05) is 16.8 Å². The van der Waals surface area contributed by atoms with Crippen LogP contribution in [0.2, 0.25) is 5.02 Å². The van der Waals surface area contributed by atoms with E-state index in [-0.39, 0.29) is 6.79 Å². The van der Waals surface area contributed by atoms with Gasteiger partial charge in [-0.05, 0) is 18.6 Å². The first-order valence-corrected chi connectivity index (χ1v) is 5.36. The molecule has 1 aromatic carbocycles. The summed E-state index contributed by atoms with van der Waals surface area (Å²) in [7, 11) is 0. The molecule has 2 N–H and O–H groups in total. The van der Waals surface area contributed by atoms with Crippen LogP contribution in [0.4, 0.5) is 5.82 Å². The Hall–Kier alpha value is -1.88. The van der Waals surface area contributed by atoms with Crippen LogP contribution < -0.4 is 15.2 Å². The number of aromatic nitrogens is 1. The summed E-state index contributed by atoms with van der Waals surface area (Å²) in [6.45, 7) is 2.08. The zero-order valence-corrected chi connectivity index (χ0v) is 9.75. The van der Waals surface area contributed by atoms with Crippen molar-refractivity contribution in [3.8, 4) is 22.8 Å². The van der Waals surface area contributed by atoms with Crippen molar-refractivity contribution in [2.45, 2.75) is 6.92 Å². The van der Waals surface area contributed by atoms with Crippen LogP contribution in [0.1, 0.15) is 5.56 Å². The number of nitrogen functional groups attached to an aromatic ring is 1. The number of ether oxygens (including phenoxy) is 2. The molecule has 17 heavy (non-hydrogen) atoms. The van der Waals surface area contributed by atoms with Gasteiger partial charge in [0.05, 0.1) is 5.02 Å².